The van der Waals surface area contributed by atoms with Crippen LogP contribution >= 0.6 is 0 Å². The maximum Gasteiger partial charge on any atom is 0.254 e. The van der Waals surface area contributed by atoms with Crippen molar-refractivity contribution in [3.05, 3.63) is 95.1 Å². The molecule has 0 bridgehead atoms. The fraction of sp³-hybridized carbons (Fsp3) is 0.321. The van der Waals surface area contributed by atoms with Crippen molar-refractivity contribution in [2.45, 2.75) is 39.2 Å². The monoisotopic (exact) mass is 431 g/mol. The standard InChI is InChI=1S/C28H33NO3/c1-28(2,3)24-13-11-22(12-14-24)20-29(16-15-21-9-7-6-8-10-21)27(30)23-17-25(31-4)19-26(18-23)32-5/h6-14,17-19H,15-16,20H2,1-5H3. The van der Waals surface area contributed by atoms with Gasteiger partial charge in [-0.1, -0.05) is 75.4 Å². The van der Waals surface area contributed by atoms with Gasteiger partial charge in [-0.15, -0.1) is 0 Å². The molecule has 0 heterocycles. The molecule has 0 aliphatic heterocycles. The minimum Gasteiger partial charge on any atom is -0.497 e. The van der Waals surface area contributed by atoms with E-state index < -0.39 is 0 Å². The van der Waals surface area contributed by atoms with Crippen molar-refractivity contribution in [2.24, 2.45) is 0 Å². The zero-order chi connectivity index (χ0) is 23.1. The molecule has 0 N–H and O–H groups in total. The Morgan fingerprint density at radius 1 is 0.812 bits per heavy atom. The van der Waals surface area contributed by atoms with Crippen LogP contribution in [0.25, 0.3) is 0 Å². The largest absolute Gasteiger partial charge is 0.497 e. The molecule has 0 aromatic heterocycles. The molecule has 0 saturated carbocycles. The van der Waals surface area contributed by atoms with Gasteiger partial charge < -0.3 is 14.4 Å². The number of hydrogen-bond donors (Lipinski definition) is 0. The van der Waals surface area contributed by atoms with Gasteiger partial charge in [-0.05, 0) is 40.7 Å². The summed E-state index contributed by atoms with van der Waals surface area (Å²) >= 11 is 0. The summed E-state index contributed by atoms with van der Waals surface area (Å²) in [5.74, 6) is 1.16. The third-order valence-electron chi connectivity index (χ3n) is 5.59. The Balaban J connectivity index is 1.87. The van der Waals surface area contributed by atoms with Crippen molar-refractivity contribution >= 4 is 5.91 Å². The molecule has 4 nitrogen and oxygen atoms in total. The summed E-state index contributed by atoms with van der Waals surface area (Å²) in [6, 6.07) is 24.1. The number of carbonyl (C=O) groups is 1. The van der Waals surface area contributed by atoms with Crippen LogP contribution in [-0.4, -0.2) is 31.6 Å². The van der Waals surface area contributed by atoms with Crippen molar-refractivity contribution in [2.75, 3.05) is 20.8 Å². The molecular formula is C28H33NO3. The maximum absolute atomic E-state index is 13.5. The van der Waals surface area contributed by atoms with E-state index in [0.717, 1.165) is 12.0 Å². The van der Waals surface area contributed by atoms with Gasteiger partial charge in [-0.2, -0.15) is 0 Å². The van der Waals surface area contributed by atoms with E-state index in [1.54, 1.807) is 32.4 Å². The predicted octanol–water partition coefficient (Wildman–Crippen LogP) is 5.89. The number of nitrogens with zero attached hydrogens (tertiary/aromatic N) is 1. The number of carbonyl (C=O) groups excluding carboxylic acids is 1. The van der Waals surface area contributed by atoms with E-state index in [4.69, 9.17) is 9.47 Å². The topological polar surface area (TPSA) is 38.8 Å². The van der Waals surface area contributed by atoms with Gasteiger partial charge >= 0.3 is 0 Å². The molecule has 0 unspecified atom stereocenters. The summed E-state index contributed by atoms with van der Waals surface area (Å²) < 4.78 is 10.7. The smallest absolute Gasteiger partial charge is 0.254 e. The van der Waals surface area contributed by atoms with Crippen LogP contribution in [0.5, 0.6) is 11.5 Å². The lowest BCUT2D eigenvalue weighted by atomic mass is 9.87. The fourth-order valence-corrected chi connectivity index (χ4v) is 3.61. The van der Waals surface area contributed by atoms with Crippen molar-refractivity contribution in [1.29, 1.82) is 0 Å². The van der Waals surface area contributed by atoms with Crippen LogP contribution in [-0.2, 0) is 18.4 Å². The first kappa shape index (κ1) is 23.4. The average molecular weight is 432 g/mol. The quantitative estimate of drug-likeness (QED) is 0.447. The summed E-state index contributed by atoms with van der Waals surface area (Å²) in [7, 11) is 3.18. The molecule has 168 valence electrons. The minimum atomic E-state index is -0.0435. The molecule has 0 radical (unpaired) electrons. The zero-order valence-corrected chi connectivity index (χ0v) is 19.7. The first-order valence-corrected chi connectivity index (χ1v) is 11.0. The summed E-state index contributed by atoms with van der Waals surface area (Å²) in [6.45, 7) is 7.76. The summed E-state index contributed by atoms with van der Waals surface area (Å²) in [4.78, 5) is 15.4. The summed E-state index contributed by atoms with van der Waals surface area (Å²) in [6.07, 6.45) is 0.785. The molecule has 0 aliphatic carbocycles. The molecule has 1 amide bonds. The molecule has 32 heavy (non-hydrogen) atoms. The SMILES string of the molecule is COc1cc(OC)cc(C(=O)N(CCc2ccccc2)Cc2ccc(C(C)(C)C)cc2)c1. The molecule has 3 aromatic rings. The molecule has 0 aliphatic rings. The first-order chi connectivity index (χ1) is 15.3. The predicted molar refractivity (Wildman–Crippen MR) is 130 cm³/mol. The van der Waals surface area contributed by atoms with E-state index in [9.17, 15) is 4.79 Å². The highest BCUT2D eigenvalue weighted by Crippen LogP contribution is 2.25. The van der Waals surface area contributed by atoms with Crippen molar-refractivity contribution in [3.8, 4) is 11.5 Å². The average Bonchev–Trinajstić information content (AvgIpc) is 2.81. The molecule has 3 aromatic carbocycles. The Kier molecular flexibility index (Phi) is 7.57. The van der Waals surface area contributed by atoms with Crippen molar-refractivity contribution in [1.82, 2.24) is 4.90 Å². The second kappa shape index (κ2) is 10.4. The third-order valence-corrected chi connectivity index (χ3v) is 5.59. The molecule has 0 fully saturated rings. The van der Waals surface area contributed by atoms with E-state index >= 15 is 0 Å². The Morgan fingerprint density at radius 3 is 1.94 bits per heavy atom. The molecule has 0 atom stereocenters. The van der Waals surface area contributed by atoms with E-state index in [1.807, 2.05) is 23.1 Å². The maximum atomic E-state index is 13.5. The number of rotatable bonds is 8. The van der Waals surface area contributed by atoms with Crippen LogP contribution in [0.3, 0.4) is 0 Å². The van der Waals surface area contributed by atoms with Crippen LogP contribution in [0.2, 0.25) is 0 Å². The lowest BCUT2D eigenvalue weighted by Gasteiger charge is -2.25. The zero-order valence-electron chi connectivity index (χ0n) is 19.7. The van der Waals surface area contributed by atoms with Gasteiger partial charge in [-0.25, -0.2) is 0 Å². The van der Waals surface area contributed by atoms with Gasteiger partial charge in [0.05, 0.1) is 14.2 Å². The van der Waals surface area contributed by atoms with Gasteiger partial charge in [-0.3, -0.25) is 4.79 Å². The lowest BCUT2D eigenvalue weighted by Crippen LogP contribution is -2.32. The van der Waals surface area contributed by atoms with E-state index in [1.165, 1.54) is 11.1 Å². The Labute approximate surface area is 191 Å². The third kappa shape index (κ3) is 6.13. The van der Waals surface area contributed by atoms with E-state index in [-0.39, 0.29) is 11.3 Å². The molecule has 0 saturated heterocycles. The van der Waals surface area contributed by atoms with Crippen LogP contribution in [0.1, 0.15) is 47.8 Å². The number of ether oxygens (including phenoxy) is 2. The number of benzene rings is 3. The van der Waals surface area contributed by atoms with Crippen LogP contribution in [0.15, 0.2) is 72.8 Å². The van der Waals surface area contributed by atoms with Gasteiger partial charge in [0, 0.05) is 24.7 Å². The molecule has 0 spiro atoms. The highest BCUT2D eigenvalue weighted by atomic mass is 16.5. The molecule has 4 heteroatoms. The van der Waals surface area contributed by atoms with Crippen LogP contribution < -0.4 is 9.47 Å². The van der Waals surface area contributed by atoms with Crippen LogP contribution in [0, 0.1) is 0 Å². The Bertz CT molecular complexity index is 999. The lowest BCUT2D eigenvalue weighted by molar-refractivity contribution is 0.0744. The van der Waals surface area contributed by atoms with Crippen molar-refractivity contribution in [3.63, 3.8) is 0 Å². The number of methoxy groups -OCH3 is 2. The van der Waals surface area contributed by atoms with E-state index in [0.29, 0.717) is 30.2 Å². The highest BCUT2D eigenvalue weighted by Gasteiger charge is 2.19. The second-order valence-corrected chi connectivity index (χ2v) is 9.01. The number of amides is 1. The van der Waals surface area contributed by atoms with Gasteiger partial charge in [0.25, 0.3) is 5.91 Å². The molecule has 3 rings (SSSR count). The van der Waals surface area contributed by atoms with Crippen molar-refractivity contribution < 1.29 is 14.3 Å². The minimum absolute atomic E-state index is 0.0435. The summed E-state index contributed by atoms with van der Waals surface area (Å²) in [5.41, 5.74) is 4.24. The molecular weight excluding hydrogens is 398 g/mol. The normalized spacial score (nSPS) is 11.2. The van der Waals surface area contributed by atoms with Crippen LogP contribution in [0.4, 0.5) is 0 Å². The summed E-state index contributed by atoms with van der Waals surface area (Å²) in [5, 5.41) is 0. The Hall–Kier alpha value is -3.27. The van der Waals surface area contributed by atoms with Gasteiger partial charge in [0.1, 0.15) is 11.5 Å². The van der Waals surface area contributed by atoms with Gasteiger partial charge in [0.2, 0.25) is 0 Å². The fourth-order valence-electron chi connectivity index (χ4n) is 3.61. The second-order valence-electron chi connectivity index (χ2n) is 9.01. The highest BCUT2D eigenvalue weighted by molar-refractivity contribution is 5.95. The van der Waals surface area contributed by atoms with E-state index in [2.05, 4.69) is 57.2 Å². The Morgan fingerprint density at radius 2 is 1.41 bits per heavy atom. The number of hydrogen-bond acceptors (Lipinski definition) is 3. The van der Waals surface area contributed by atoms with Gasteiger partial charge in [0.15, 0.2) is 0 Å². The first-order valence-electron chi connectivity index (χ1n) is 11.0.